The molecule has 0 atom stereocenters. The minimum Gasteiger partial charge on any atom is -0.497 e. The molecule has 1 aliphatic heterocycles. The van der Waals surface area contributed by atoms with Gasteiger partial charge in [0.15, 0.2) is 5.78 Å². The molecule has 1 amide bonds. The van der Waals surface area contributed by atoms with E-state index in [0.29, 0.717) is 11.1 Å². The van der Waals surface area contributed by atoms with Gasteiger partial charge in [0, 0.05) is 40.0 Å². The van der Waals surface area contributed by atoms with Crippen molar-refractivity contribution in [2.45, 2.75) is 57.5 Å². The number of fused-ring (bicyclic) bond motifs is 1. The van der Waals surface area contributed by atoms with Crippen molar-refractivity contribution in [3.05, 3.63) is 70.8 Å². The summed E-state index contributed by atoms with van der Waals surface area (Å²) in [6.45, 7) is 4.24. The van der Waals surface area contributed by atoms with Crippen molar-refractivity contribution in [2.75, 3.05) is 7.11 Å². The van der Waals surface area contributed by atoms with Crippen molar-refractivity contribution in [3.63, 3.8) is 0 Å². The average molecular weight is 419 g/mol. The molecule has 1 aliphatic carbocycles. The van der Waals surface area contributed by atoms with E-state index in [1.54, 1.807) is 37.5 Å². The summed E-state index contributed by atoms with van der Waals surface area (Å²) in [6.07, 6.45) is 6.86. The van der Waals surface area contributed by atoms with Gasteiger partial charge in [0.2, 0.25) is 0 Å². The number of rotatable bonds is 5. The first-order valence-electron chi connectivity index (χ1n) is 11.0. The quantitative estimate of drug-likeness (QED) is 0.554. The predicted octanol–water partition coefficient (Wildman–Crippen LogP) is 4.52. The maximum Gasteiger partial charge on any atom is 0.251 e. The van der Waals surface area contributed by atoms with E-state index < -0.39 is 0 Å². The van der Waals surface area contributed by atoms with Gasteiger partial charge in [-0.05, 0) is 62.9 Å². The highest BCUT2D eigenvalue weighted by Crippen LogP contribution is 2.32. The van der Waals surface area contributed by atoms with Crippen molar-refractivity contribution >= 4 is 17.4 Å². The van der Waals surface area contributed by atoms with E-state index >= 15 is 0 Å². The van der Waals surface area contributed by atoms with Crippen molar-refractivity contribution in [3.8, 4) is 5.75 Å². The lowest BCUT2D eigenvalue weighted by atomic mass is 9.85. The van der Waals surface area contributed by atoms with Crippen LogP contribution in [0.2, 0.25) is 0 Å². The molecule has 0 aromatic heterocycles. The monoisotopic (exact) mass is 418 g/mol. The Hall–Kier alpha value is -3.08. The second kappa shape index (κ2) is 8.58. The Kier molecular flexibility index (Phi) is 5.86. The van der Waals surface area contributed by atoms with Gasteiger partial charge in [-0.2, -0.15) is 0 Å². The number of methoxy groups -OCH3 is 1. The van der Waals surface area contributed by atoms with Gasteiger partial charge < -0.3 is 15.4 Å². The Morgan fingerprint density at radius 3 is 2.58 bits per heavy atom. The van der Waals surface area contributed by atoms with E-state index in [1.807, 2.05) is 12.1 Å². The van der Waals surface area contributed by atoms with Crippen LogP contribution in [0.5, 0.6) is 5.75 Å². The highest BCUT2D eigenvalue weighted by molar-refractivity contribution is 6.10. The highest BCUT2D eigenvalue weighted by Gasteiger charge is 2.28. The van der Waals surface area contributed by atoms with Gasteiger partial charge in [-0.25, -0.2) is 0 Å². The molecule has 0 bridgehead atoms. The Morgan fingerprint density at radius 2 is 1.84 bits per heavy atom. The average Bonchev–Trinajstić information content (AvgIpc) is 3.26. The molecule has 0 unspecified atom stereocenters. The zero-order valence-electron chi connectivity index (χ0n) is 18.5. The van der Waals surface area contributed by atoms with E-state index in [-0.39, 0.29) is 23.3 Å². The van der Waals surface area contributed by atoms with Crippen LogP contribution >= 0.6 is 0 Å². The molecule has 1 saturated carbocycles. The molecule has 0 radical (unpaired) electrons. The molecule has 5 heteroatoms. The van der Waals surface area contributed by atoms with Crippen LogP contribution < -0.4 is 15.4 Å². The normalized spacial score (nSPS) is 18.9. The fourth-order valence-corrected chi connectivity index (χ4v) is 4.52. The lowest BCUT2D eigenvalue weighted by Crippen LogP contribution is -2.43. The minimum absolute atomic E-state index is 0.110. The Bertz CT molecular complexity index is 1030. The third kappa shape index (κ3) is 4.82. The highest BCUT2D eigenvalue weighted by atomic mass is 16.5. The fourth-order valence-electron chi connectivity index (χ4n) is 4.52. The Morgan fingerprint density at radius 1 is 1.10 bits per heavy atom. The summed E-state index contributed by atoms with van der Waals surface area (Å²) in [5.41, 5.74) is 3.78. The third-order valence-corrected chi connectivity index (χ3v) is 6.09. The van der Waals surface area contributed by atoms with Gasteiger partial charge in [-0.1, -0.05) is 31.0 Å². The number of carbonyl (C=O) groups excluding carboxylic acids is 2. The molecule has 1 heterocycles. The lowest BCUT2D eigenvalue weighted by molar-refractivity contribution is 0.0938. The summed E-state index contributed by atoms with van der Waals surface area (Å²) in [5, 5.41) is 6.58. The van der Waals surface area contributed by atoms with E-state index in [1.165, 1.54) is 5.56 Å². The van der Waals surface area contributed by atoms with Crippen LogP contribution in [0.3, 0.4) is 0 Å². The van der Waals surface area contributed by atoms with Gasteiger partial charge >= 0.3 is 0 Å². The minimum atomic E-state index is -0.170. The molecule has 31 heavy (non-hydrogen) atoms. The molecule has 2 aromatic carbocycles. The van der Waals surface area contributed by atoms with Crippen LogP contribution in [-0.4, -0.2) is 30.4 Å². The summed E-state index contributed by atoms with van der Waals surface area (Å²) in [4.78, 5) is 25.7. The van der Waals surface area contributed by atoms with E-state index in [4.69, 9.17) is 4.74 Å². The van der Waals surface area contributed by atoms with E-state index in [9.17, 15) is 9.59 Å². The zero-order valence-corrected chi connectivity index (χ0v) is 18.5. The lowest BCUT2D eigenvalue weighted by Gasteiger charge is -2.35. The maximum absolute atomic E-state index is 13.1. The first-order chi connectivity index (χ1) is 14.8. The van der Waals surface area contributed by atoms with Crippen molar-refractivity contribution in [1.82, 2.24) is 10.6 Å². The van der Waals surface area contributed by atoms with E-state index in [2.05, 4.69) is 30.5 Å². The van der Waals surface area contributed by atoms with Crippen molar-refractivity contribution < 1.29 is 14.3 Å². The Labute approximate surface area is 183 Å². The summed E-state index contributed by atoms with van der Waals surface area (Å²) in [7, 11) is 1.64. The number of ether oxygens (including phenoxy) is 1. The SMILES string of the molecule is COc1ccc2c(c1)C(=CC(=O)c1cccc(C(=O)NC3CCCC3)c1)NC(C)(C)C2. The summed E-state index contributed by atoms with van der Waals surface area (Å²) >= 11 is 0. The zero-order chi connectivity index (χ0) is 22.0. The molecular weight excluding hydrogens is 388 g/mol. The number of ketones is 1. The Balaban J connectivity index is 1.60. The summed E-state index contributed by atoms with van der Waals surface area (Å²) in [6, 6.07) is 13.2. The number of hydrogen-bond acceptors (Lipinski definition) is 4. The number of nitrogens with one attached hydrogen (secondary N) is 2. The molecule has 4 rings (SSSR count). The van der Waals surface area contributed by atoms with Crippen LogP contribution in [0.15, 0.2) is 48.5 Å². The van der Waals surface area contributed by atoms with Crippen molar-refractivity contribution in [1.29, 1.82) is 0 Å². The van der Waals surface area contributed by atoms with Gasteiger partial charge in [0.25, 0.3) is 5.91 Å². The molecular formula is C26H30N2O3. The summed E-state index contributed by atoms with van der Waals surface area (Å²) < 4.78 is 5.38. The first-order valence-corrected chi connectivity index (χ1v) is 11.0. The van der Waals surface area contributed by atoms with E-state index in [0.717, 1.165) is 49.1 Å². The van der Waals surface area contributed by atoms with Crippen molar-refractivity contribution in [2.24, 2.45) is 0 Å². The predicted molar refractivity (Wildman–Crippen MR) is 122 cm³/mol. The fraction of sp³-hybridized carbons (Fsp3) is 0.385. The number of amides is 1. The smallest absolute Gasteiger partial charge is 0.251 e. The first kappa shape index (κ1) is 21.2. The molecule has 5 nitrogen and oxygen atoms in total. The van der Waals surface area contributed by atoms with Gasteiger partial charge in [0.05, 0.1) is 7.11 Å². The van der Waals surface area contributed by atoms with Crippen LogP contribution in [0.4, 0.5) is 0 Å². The number of allylic oxidation sites excluding steroid dienone is 1. The molecule has 0 saturated heterocycles. The molecule has 162 valence electrons. The molecule has 0 spiro atoms. The number of benzene rings is 2. The molecule has 1 fully saturated rings. The molecule has 2 N–H and O–H groups in total. The van der Waals surface area contributed by atoms with Gasteiger partial charge in [-0.15, -0.1) is 0 Å². The van der Waals surface area contributed by atoms with Crippen LogP contribution in [0.25, 0.3) is 5.70 Å². The third-order valence-electron chi connectivity index (χ3n) is 6.09. The molecule has 2 aliphatic rings. The van der Waals surface area contributed by atoms with Crippen LogP contribution in [0, 0.1) is 0 Å². The van der Waals surface area contributed by atoms with Gasteiger partial charge in [-0.3, -0.25) is 9.59 Å². The number of carbonyl (C=O) groups is 2. The van der Waals surface area contributed by atoms with Crippen LogP contribution in [0.1, 0.15) is 71.4 Å². The second-order valence-corrected chi connectivity index (χ2v) is 9.17. The molecule has 2 aromatic rings. The summed E-state index contributed by atoms with van der Waals surface area (Å²) in [5.74, 6) is 0.509. The maximum atomic E-state index is 13.1. The number of hydrogen-bond donors (Lipinski definition) is 2. The standard InChI is InChI=1S/C26H30N2O3/c1-26(2)16-19-11-12-21(31-3)14-22(19)23(28-26)15-24(29)17-7-6-8-18(13-17)25(30)27-20-9-4-5-10-20/h6-8,11-15,20,28H,4-5,9-10,16H2,1-3H3,(H,27,30). The van der Waals surface area contributed by atoms with Gasteiger partial charge in [0.1, 0.15) is 5.75 Å². The van der Waals surface area contributed by atoms with Crippen LogP contribution in [-0.2, 0) is 6.42 Å². The second-order valence-electron chi connectivity index (χ2n) is 9.17. The largest absolute Gasteiger partial charge is 0.497 e. The topological polar surface area (TPSA) is 67.4 Å².